The highest BCUT2D eigenvalue weighted by Crippen LogP contribution is 2.38. The number of anilines is 1. The number of nitrogens with zero attached hydrogens (tertiary/aromatic N) is 3. The summed E-state index contributed by atoms with van der Waals surface area (Å²) in [4.78, 5) is 9.13. The zero-order valence-corrected chi connectivity index (χ0v) is 12.6. The smallest absolute Gasteiger partial charge is 0.157 e. The average molecular weight is 284 g/mol. The van der Waals surface area contributed by atoms with Crippen LogP contribution in [0, 0.1) is 0 Å². The molecule has 0 spiro atoms. The van der Waals surface area contributed by atoms with Crippen LogP contribution >= 0.6 is 0 Å². The van der Waals surface area contributed by atoms with Crippen LogP contribution in [-0.2, 0) is 0 Å². The Balaban J connectivity index is 1.70. The molecule has 0 radical (unpaired) electrons. The van der Waals surface area contributed by atoms with Crippen LogP contribution in [0.25, 0.3) is 5.65 Å². The fourth-order valence-electron chi connectivity index (χ4n) is 3.99. The van der Waals surface area contributed by atoms with Crippen molar-refractivity contribution in [3.8, 4) is 0 Å². The van der Waals surface area contributed by atoms with Gasteiger partial charge in [0.15, 0.2) is 5.65 Å². The molecule has 2 aromatic rings. The standard InChI is InChI=1S/C17H24N4/c1-2-8-14(9-3-1)19-17-16(13-6-4-5-7-13)20-15-12-18-10-11-21(15)17/h10-14,19H,1-9H2. The van der Waals surface area contributed by atoms with Gasteiger partial charge in [-0.15, -0.1) is 0 Å². The van der Waals surface area contributed by atoms with Crippen LogP contribution in [-0.4, -0.2) is 20.4 Å². The molecule has 4 nitrogen and oxygen atoms in total. The van der Waals surface area contributed by atoms with E-state index in [1.54, 1.807) is 0 Å². The summed E-state index contributed by atoms with van der Waals surface area (Å²) >= 11 is 0. The van der Waals surface area contributed by atoms with Crippen molar-refractivity contribution in [3.05, 3.63) is 24.3 Å². The Morgan fingerprint density at radius 2 is 1.76 bits per heavy atom. The number of fused-ring (bicyclic) bond motifs is 1. The Morgan fingerprint density at radius 3 is 2.57 bits per heavy atom. The van der Waals surface area contributed by atoms with Gasteiger partial charge in [0.1, 0.15) is 5.82 Å². The van der Waals surface area contributed by atoms with Gasteiger partial charge in [-0.2, -0.15) is 0 Å². The molecule has 112 valence electrons. The Bertz CT molecular complexity index is 606. The average Bonchev–Trinajstić information content (AvgIpc) is 3.16. The summed E-state index contributed by atoms with van der Waals surface area (Å²) in [6, 6.07) is 0.618. The maximum absolute atomic E-state index is 4.90. The molecule has 0 amide bonds. The van der Waals surface area contributed by atoms with Crippen molar-refractivity contribution in [3.63, 3.8) is 0 Å². The van der Waals surface area contributed by atoms with Crippen LogP contribution in [0.5, 0.6) is 0 Å². The van der Waals surface area contributed by atoms with Crippen LogP contribution < -0.4 is 5.32 Å². The van der Waals surface area contributed by atoms with Crippen LogP contribution in [0.2, 0.25) is 0 Å². The monoisotopic (exact) mass is 284 g/mol. The molecule has 4 heteroatoms. The largest absolute Gasteiger partial charge is 0.367 e. The molecule has 0 unspecified atom stereocenters. The second kappa shape index (κ2) is 5.66. The third-order valence-corrected chi connectivity index (χ3v) is 5.15. The maximum atomic E-state index is 4.90. The summed E-state index contributed by atoms with van der Waals surface area (Å²) in [6.45, 7) is 0. The molecule has 0 saturated heterocycles. The summed E-state index contributed by atoms with van der Waals surface area (Å²) in [6.07, 6.45) is 17.8. The molecule has 0 aromatic carbocycles. The molecule has 2 fully saturated rings. The first-order valence-electron chi connectivity index (χ1n) is 8.50. The summed E-state index contributed by atoms with van der Waals surface area (Å²) in [5.41, 5.74) is 2.27. The number of hydrogen-bond donors (Lipinski definition) is 1. The first-order valence-corrected chi connectivity index (χ1v) is 8.50. The fraction of sp³-hybridized carbons (Fsp3) is 0.647. The Labute approximate surface area is 126 Å². The highest BCUT2D eigenvalue weighted by Gasteiger charge is 2.26. The van der Waals surface area contributed by atoms with E-state index in [1.165, 1.54) is 69.3 Å². The zero-order valence-electron chi connectivity index (χ0n) is 12.6. The molecule has 2 aliphatic carbocycles. The van der Waals surface area contributed by atoms with E-state index in [1.807, 2.05) is 18.6 Å². The number of nitrogens with one attached hydrogen (secondary N) is 1. The van der Waals surface area contributed by atoms with Gasteiger partial charge >= 0.3 is 0 Å². The van der Waals surface area contributed by atoms with Gasteiger partial charge in [0.25, 0.3) is 0 Å². The maximum Gasteiger partial charge on any atom is 0.157 e. The summed E-state index contributed by atoms with van der Waals surface area (Å²) < 4.78 is 2.20. The van der Waals surface area contributed by atoms with Crippen molar-refractivity contribution in [2.24, 2.45) is 0 Å². The lowest BCUT2D eigenvalue weighted by atomic mass is 9.95. The first-order chi connectivity index (χ1) is 10.4. The van der Waals surface area contributed by atoms with E-state index in [9.17, 15) is 0 Å². The first kappa shape index (κ1) is 13.1. The number of rotatable bonds is 3. The minimum atomic E-state index is 0.618. The van der Waals surface area contributed by atoms with E-state index in [4.69, 9.17) is 4.98 Å². The van der Waals surface area contributed by atoms with Crippen LogP contribution in [0.15, 0.2) is 18.6 Å². The fourth-order valence-corrected chi connectivity index (χ4v) is 3.99. The van der Waals surface area contributed by atoms with E-state index in [0.717, 1.165) is 5.65 Å². The van der Waals surface area contributed by atoms with E-state index in [2.05, 4.69) is 14.7 Å². The minimum absolute atomic E-state index is 0.618. The van der Waals surface area contributed by atoms with Gasteiger partial charge in [0.2, 0.25) is 0 Å². The van der Waals surface area contributed by atoms with E-state index in [-0.39, 0.29) is 0 Å². The SMILES string of the molecule is c1cn2c(NC3CCCCC3)c(C3CCCC3)nc2cn1. The van der Waals surface area contributed by atoms with Gasteiger partial charge in [0.05, 0.1) is 11.9 Å². The zero-order chi connectivity index (χ0) is 14.1. The van der Waals surface area contributed by atoms with Crippen molar-refractivity contribution < 1.29 is 0 Å². The number of hydrogen-bond acceptors (Lipinski definition) is 3. The lowest BCUT2D eigenvalue weighted by Gasteiger charge is -2.24. The molecule has 2 heterocycles. The quantitative estimate of drug-likeness (QED) is 0.921. The second-order valence-corrected chi connectivity index (χ2v) is 6.61. The number of aromatic nitrogens is 3. The molecule has 4 rings (SSSR count). The predicted molar refractivity (Wildman–Crippen MR) is 84.7 cm³/mol. The summed E-state index contributed by atoms with van der Waals surface area (Å²) in [5, 5.41) is 3.82. The number of imidazole rings is 1. The van der Waals surface area contributed by atoms with Gasteiger partial charge in [-0.1, -0.05) is 32.1 Å². The van der Waals surface area contributed by atoms with Crippen molar-refractivity contribution in [1.29, 1.82) is 0 Å². The third-order valence-electron chi connectivity index (χ3n) is 5.15. The third kappa shape index (κ3) is 2.52. The molecule has 0 aliphatic heterocycles. The molecule has 1 N–H and O–H groups in total. The molecule has 0 atom stereocenters. The van der Waals surface area contributed by atoms with Crippen LogP contribution in [0.1, 0.15) is 69.4 Å². The second-order valence-electron chi connectivity index (χ2n) is 6.61. The normalized spacial score (nSPS) is 21.1. The van der Waals surface area contributed by atoms with E-state index < -0.39 is 0 Å². The molecular formula is C17H24N4. The van der Waals surface area contributed by atoms with Crippen molar-refractivity contribution >= 4 is 11.5 Å². The minimum Gasteiger partial charge on any atom is -0.367 e. The summed E-state index contributed by atoms with van der Waals surface area (Å²) in [5.74, 6) is 1.88. The molecule has 21 heavy (non-hydrogen) atoms. The van der Waals surface area contributed by atoms with Gasteiger partial charge in [0, 0.05) is 24.4 Å². The van der Waals surface area contributed by atoms with Gasteiger partial charge in [-0.25, -0.2) is 4.98 Å². The van der Waals surface area contributed by atoms with Gasteiger partial charge in [-0.05, 0) is 25.7 Å². The lowest BCUT2D eigenvalue weighted by molar-refractivity contribution is 0.461. The van der Waals surface area contributed by atoms with Crippen LogP contribution in [0.4, 0.5) is 5.82 Å². The molecular weight excluding hydrogens is 260 g/mol. The molecule has 0 bridgehead atoms. The Morgan fingerprint density at radius 1 is 1.00 bits per heavy atom. The van der Waals surface area contributed by atoms with Crippen molar-refractivity contribution in [2.75, 3.05) is 5.32 Å². The Hall–Kier alpha value is -1.58. The highest BCUT2D eigenvalue weighted by molar-refractivity contribution is 5.56. The lowest BCUT2D eigenvalue weighted by Crippen LogP contribution is -2.24. The summed E-state index contributed by atoms with van der Waals surface area (Å²) in [7, 11) is 0. The topological polar surface area (TPSA) is 42.2 Å². The van der Waals surface area contributed by atoms with Crippen LogP contribution in [0.3, 0.4) is 0 Å². The predicted octanol–water partition coefficient (Wildman–Crippen LogP) is 4.13. The molecule has 2 saturated carbocycles. The van der Waals surface area contributed by atoms with Gasteiger partial charge in [-0.3, -0.25) is 9.38 Å². The Kier molecular flexibility index (Phi) is 3.53. The highest BCUT2D eigenvalue weighted by atomic mass is 15.2. The molecule has 2 aromatic heterocycles. The van der Waals surface area contributed by atoms with Crippen molar-refractivity contribution in [1.82, 2.24) is 14.4 Å². The van der Waals surface area contributed by atoms with E-state index >= 15 is 0 Å². The molecule has 2 aliphatic rings. The van der Waals surface area contributed by atoms with Gasteiger partial charge < -0.3 is 5.32 Å². The van der Waals surface area contributed by atoms with Crippen molar-refractivity contribution in [2.45, 2.75) is 69.7 Å². The van der Waals surface area contributed by atoms with E-state index in [0.29, 0.717) is 12.0 Å².